The molecule has 2 heterocycles. The summed E-state index contributed by atoms with van der Waals surface area (Å²) in [4.78, 5) is 38.2. The summed E-state index contributed by atoms with van der Waals surface area (Å²) in [6.07, 6.45) is 0. The molecular formula is C28H25FN4O4. The van der Waals surface area contributed by atoms with Gasteiger partial charge in [-0.2, -0.15) is 5.10 Å². The molecule has 37 heavy (non-hydrogen) atoms. The van der Waals surface area contributed by atoms with Crippen molar-refractivity contribution in [3.05, 3.63) is 98.4 Å². The van der Waals surface area contributed by atoms with E-state index in [1.807, 2.05) is 26.0 Å². The smallest absolute Gasteiger partial charge is 0.335 e. The minimum atomic E-state index is -1.11. The van der Waals surface area contributed by atoms with Crippen molar-refractivity contribution in [2.75, 3.05) is 0 Å². The van der Waals surface area contributed by atoms with Gasteiger partial charge in [-0.15, -0.1) is 0 Å². The fourth-order valence-electron chi connectivity index (χ4n) is 4.72. The van der Waals surface area contributed by atoms with E-state index in [2.05, 4.69) is 0 Å². The van der Waals surface area contributed by atoms with Crippen LogP contribution in [0.1, 0.15) is 29.8 Å². The van der Waals surface area contributed by atoms with Crippen molar-refractivity contribution in [2.24, 2.45) is 13.0 Å². The molecule has 0 radical (unpaired) electrons. The standard InChI is InChI=1S/C28H25FN4O4/c1-16(2)14-32-25-23(26(34)31(3)28(32)37)24(17-7-6-8-18(13-17)27(35)36)33(30-25)15-19-11-12-22(29)21-10-5-4-9-20(19)21/h4-13,16H,14-15H2,1-3H3,(H,35,36). The van der Waals surface area contributed by atoms with E-state index in [-0.39, 0.29) is 34.9 Å². The Labute approximate surface area is 210 Å². The van der Waals surface area contributed by atoms with E-state index in [0.717, 1.165) is 10.1 Å². The average Bonchev–Trinajstić information content (AvgIpc) is 3.26. The van der Waals surface area contributed by atoms with Gasteiger partial charge < -0.3 is 5.11 Å². The molecule has 0 bridgehead atoms. The average molecular weight is 501 g/mol. The Balaban J connectivity index is 1.86. The Hall–Kier alpha value is -4.53. The van der Waals surface area contributed by atoms with Crippen LogP contribution in [0.25, 0.3) is 33.1 Å². The zero-order valence-electron chi connectivity index (χ0n) is 20.6. The number of aromatic carboxylic acids is 1. The third-order valence-electron chi connectivity index (χ3n) is 6.44. The lowest BCUT2D eigenvalue weighted by molar-refractivity contribution is 0.0697. The number of carboxylic acids is 1. The Morgan fingerprint density at radius 2 is 1.76 bits per heavy atom. The Kier molecular flexibility index (Phi) is 5.99. The summed E-state index contributed by atoms with van der Waals surface area (Å²) < 4.78 is 18.6. The zero-order chi connectivity index (χ0) is 26.4. The predicted molar refractivity (Wildman–Crippen MR) is 139 cm³/mol. The monoisotopic (exact) mass is 500 g/mol. The molecule has 0 amide bonds. The number of hydrogen-bond acceptors (Lipinski definition) is 4. The first-order valence-corrected chi connectivity index (χ1v) is 11.9. The van der Waals surface area contributed by atoms with Crippen LogP contribution in [0.5, 0.6) is 0 Å². The number of hydrogen-bond donors (Lipinski definition) is 1. The number of carbonyl (C=O) groups is 1. The van der Waals surface area contributed by atoms with Gasteiger partial charge in [-0.1, -0.05) is 56.3 Å². The van der Waals surface area contributed by atoms with E-state index in [0.29, 0.717) is 28.6 Å². The molecule has 0 aliphatic carbocycles. The first kappa shape index (κ1) is 24.2. The van der Waals surface area contributed by atoms with Crippen LogP contribution in [0.15, 0.2) is 70.3 Å². The van der Waals surface area contributed by atoms with Crippen LogP contribution >= 0.6 is 0 Å². The van der Waals surface area contributed by atoms with Crippen molar-refractivity contribution in [2.45, 2.75) is 26.9 Å². The second-order valence-corrected chi connectivity index (χ2v) is 9.49. The van der Waals surface area contributed by atoms with Crippen LogP contribution in [0, 0.1) is 11.7 Å². The summed E-state index contributed by atoms with van der Waals surface area (Å²) in [6, 6.07) is 16.4. The highest BCUT2D eigenvalue weighted by Crippen LogP contribution is 2.30. The molecule has 0 aliphatic rings. The quantitative estimate of drug-likeness (QED) is 0.376. The molecular weight excluding hydrogens is 475 g/mol. The van der Waals surface area contributed by atoms with Gasteiger partial charge in [-0.25, -0.2) is 14.0 Å². The van der Waals surface area contributed by atoms with Crippen LogP contribution in [-0.4, -0.2) is 30.0 Å². The van der Waals surface area contributed by atoms with E-state index in [4.69, 9.17) is 5.10 Å². The second-order valence-electron chi connectivity index (χ2n) is 9.49. The molecule has 0 saturated heterocycles. The van der Waals surface area contributed by atoms with Crippen molar-refractivity contribution in [3.63, 3.8) is 0 Å². The third kappa shape index (κ3) is 4.12. The summed E-state index contributed by atoms with van der Waals surface area (Å²) >= 11 is 0. The minimum absolute atomic E-state index is 0.0537. The van der Waals surface area contributed by atoms with E-state index < -0.39 is 17.2 Å². The van der Waals surface area contributed by atoms with Crippen molar-refractivity contribution in [3.8, 4) is 11.3 Å². The normalized spacial score (nSPS) is 11.6. The summed E-state index contributed by atoms with van der Waals surface area (Å²) in [5.41, 5.74) is 0.905. The maximum absolute atomic E-state index is 14.5. The predicted octanol–water partition coefficient (Wildman–Crippen LogP) is 4.26. The number of nitrogens with zero attached hydrogens (tertiary/aromatic N) is 4. The molecule has 0 unspecified atom stereocenters. The molecule has 0 fully saturated rings. The highest BCUT2D eigenvalue weighted by Gasteiger charge is 2.24. The van der Waals surface area contributed by atoms with Crippen molar-refractivity contribution in [1.29, 1.82) is 0 Å². The summed E-state index contributed by atoms with van der Waals surface area (Å²) in [6.45, 7) is 4.43. The van der Waals surface area contributed by atoms with Gasteiger partial charge in [0.1, 0.15) is 11.2 Å². The molecule has 1 N–H and O–H groups in total. The number of rotatable bonds is 6. The Bertz CT molecular complexity index is 1810. The van der Waals surface area contributed by atoms with Gasteiger partial charge in [0.05, 0.1) is 17.8 Å². The van der Waals surface area contributed by atoms with Crippen LogP contribution in [0.2, 0.25) is 0 Å². The lowest BCUT2D eigenvalue weighted by Gasteiger charge is -2.12. The molecule has 9 heteroatoms. The molecule has 8 nitrogen and oxygen atoms in total. The minimum Gasteiger partial charge on any atom is -0.478 e. The van der Waals surface area contributed by atoms with Crippen LogP contribution in [0.3, 0.4) is 0 Å². The van der Waals surface area contributed by atoms with Gasteiger partial charge in [0.25, 0.3) is 5.56 Å². The van der Waals surface area contributed by atoms with Crippen LogP contribution in [0.4, 0.5) is 4.39 Å². The highest BCUT2D eigenvalue weighted by molar-refractivity contribution is 5.94. The van der Waals surface area contributed by atoms with Gasteiger partial charge >= 0.3 is 11.7 Å². The largest absolute Gasteiger partial charge is 0.478 e. The van der Waals surface area contributed by atoms with Gasteiger partial charge in [-0.3, -0.25) is 18.6 Å². The molecule has 0 spiro atoms. The highest BCUT2D eigenvalue weighted by atomic mass is 19.1. The first-order valence-electron chi connectivity index (χ1n) is 11.9. The van der Waals surface area contributed by atoms with Crippen molar-refractivity contribution < 1.29 is 14.3 Å². The number of carboxylic acid groups (broad SMARTS) is 1. The zero-order valence-corrected chi connectivity index (χ0v) is 20.6. The van der Waals surface area contributed by atoms with Gasteiger partial charge in [0.2, 0.25) is 0 Å². The van der Waals surface area contributed by atoms with E-state index >= 15 is 0 Å². The molecule has 2 aromatic heterocycles. The van der Waals surface area contributed by atoms with Gasteiger partial charge in [0, 0.05) is 24.5 Å². The van der Waals surface area contributed by atoms with Crippen molar-refractivity contribution >= 4 is 27.8 Å². The van der Waals surface area contributed by atoms with Crippen molar-refractivity contribution in [1.82, 2.24) is 18.9 Å². The van der Waals surface area contributed by atoms with Gasteiger partial charge in [0.15, 0.2) is 5.65 Å². The number of benzene rings is 3. The summed E-state index contributed by atoms with van der Waals surface area (Å²) in [5, 5.41) is 15.7. The van der Waals surface area contributed by atoms with Crippen LogP contribution < -0.4 is 11.2 Å². The summed E-state index contributed by atoms with van der Waals surface area (Å²) in [7, 11) is 1.42. The molecule has 3 aromatic carbocycles. The lowest BCUT2D eigenvalue weighted by Crippen LogP contribution is -2.38. The second kappa shape index (κ2) is 9.16. The molecule has 0 aliphatic heterocycles. The molecule has 5 rings (SSSR count). The maximum Gasteiger partial charge on any atom is 0.335 e. The lowest BCUT2D eigenvalue weighted by atomic mass is 10.0. The topological polar surface area (TPSA) is 99.1 Å². The third-order valence-corrected chi connectivity index (χ3v) is 6.44. The SMILES string of the molecule is CC(C)Cn1c(=O)n(C)c(=O)c2c(-c3cccc(C(=O)O)c3)n(Cc3ccc(F)c4ccccc34)nc21. The number of aromatic nitrogens is 4. The molecule has 5 aromatic rings. The molecule has 0 atom stereocenters. The van der Waals surface area contributed by atoms with Crippen LogP contribution in [-0.2, 0) is 20.1 Å². The van der Waals surface area contributed by atoms with E-state index in [1.54, 1.807) is 35.0 Å². The first-order chi connectivity index (χ1) is 17.7. The van der Waals surface area contributed by atoms with E-state index in [1.165, 1.54) is 29.8 Å². The molecule has 188 valence electrons. The van der Waals surface area contributed by atoms with E-state index in [9.17, 15) is 23.9 Å². The Morgan fingerprint density at radius 3 is 2.46 bits per heavy atom. The maximum atomic E-state index is 14.5. The molecule has 0 saturated carbocycles. The summed E-state index contributed by atoms with van der Waals surface area (Å²) in [5.74, 6) is -1.35. The number of fused-ring (bicyclic) bond motifs is 2. The fraction of sp³-hybridized carbons (Fsp3) is 0.214. The fourth-order valence-corrected chi connectivity index (χ4v) is 4.72. The number of halogens is 1. The Morgan fingerprint density at radius 1 is 1.03 bits per heavy atom. The van der Waals surface area contributed by atoms with Gasteiger partial charge in [-0.05, 0) is 35.1 Å².